The maximum Gasteiger partial charge on any atom is 0.311 e. The molecule has 3 nitrogen and oxygen atoms in total. The van der Waals surface area contributed by atoms with Gasteiger partial charge in [0.25, 0.3) is 0 Å². The first-order valence-electron chi connectivity index (χ1n) is 6.43. The minimum absolute atomic E-state index is 0.0643. The molecule has 2 rings (SSSR count). The highest BCUT2D eigenvalue weighted by atomic mass is 16.5. The van der Waals surface area contributed by atoms with Gasteiger partial charge < -0.3 is 10.1 Å². The Hall–Kier alpha value is -0.570. The van der Waals surface area contributed by atoms with E-state index in [-0.39, 0.29) is 17.5 Å². The summed E-state index contributed by atoms with van der Waals surface area (Å²) in [4.78, 5) is 11.8. The molecule has 0 aromatic carbocycles. The number of nitrogens with one attached hydrogen (secondary N) is 1. The zero-order valence-electron chi connectivity index (χ0n) is 10.6. The molecule has 0 spiro atoms. The van der Waals surface area contributed by atoms with E-state index in [1.807, 2.05) is 20.8 Å². The molecule has 1 heterocycles. The van der Waals surface area contributed by atoms with Crippen LogP contribution in [0.4, 0.5) is 0 Å². The van der Waals surface area contributed by atoms with Crippen LogP contribution in [0.3, 0.4) is 0 Å². The van der Waals surface area contributed by atoms with Crippen molar-refractivity contribution in [2.24, 2.45) is 11.3 Å². The van der Waals surface area contributed by atoms with Gasteiger partial charge in [0.2, 0.25) is 0 Å². The van der Waals surface area contributed by atoms with Gasteiger partial charge in [0.1, 0.15) is 6.10 Å². The Morgan fingerprint density at radius 3 is 2.62 bits per heavy atom. The summed E-state index contributed by atoms with van der Waals surface area (Å²) in [6, 6.07) is 0.589. The van der Waals surface area contributed by atoms with E-state index in [9.17, 15) is 4.79 Å². The number of carbonyl (C=O) groups is 1. The monoisotopic (exact) mass is 225 g/mol. The fourth-order valence-corrected chi connectivity index (χ4v) is 2.72. The van der Waals surface area contributed by atoms with Crippen LogP contribution in [0.5, 0.6) is 0 Å². The average Bonchev–Trinajstić information content (AvgIpc) is 2.61. The minimum atomic E-state index is -0.382. The second kappa shape index (κ2) is 4.36. The molecule has 2 aliphatic rings. The summed E-state index contributed by atoms with van der Waals surface area (Å²) in [7, 11) is 0. The van der Waals surface area contributed by atoms with E-state index in [0.29, 0.717) is 12.0 Å². The summed E-state index contributed by atoms with van der Waals surface area (Å²) in [5, 5.41) is 3.49. The predicted molar refractivity (Wildman–Crippen MR) is 63.1 cm³/mol. The van der Waals surface area contributed by atoms with E-state index in [4.69, 9.17) is 4.74 Å². The molecule has 1 saturated heterocycles. The van der Waals surface area contributed by atoms with Crippen LogP contribution >= 0.6 is 0 Å². The summed E-state index contributed by atoms with van der Waals surface area (Å²) in [5.74, 6) is 0.491. The smallest absolute Gasteiger partial charge is 0.311 e. The van der Waals surface area contributed by atoms with Gasteiger partial charge in [-0.25, -0.2) is 0 Å². The number of hydrogen-bond donors (Lipinski definition) is 1. The Bertz CT molecular complexity index is 270. The molecule has 3 heteroatoms. The SMILES string of the molecule is CC(C)(C)C(=O)OC1CNC2CCCCC21. The Balaban J connectivity index is 1.93. The number of rotatable bonds is 1. The van der Waals surface area contributed by atoms with Crippen molar-refractivity contribution >= 4 is 5.97 Å². The molecule has 0 aromatic rings. The Morgan fingerprint density at radius 2 is 1.94 bits per heavy atom. The zero-order chi connectivity index (χ0) is 11.8. The van der Waals surface area contributed by atoms with Gasteiger partial charge in [0.15, 0.2) is 0 Å². The van der Waals surface area contributed by atoms with Crippen molar-refractivity contribution in [1.29, 1.82) is 0 Å². The van der Waals surface area contributed by atoms with E-state index < -0.39 is 0 Å². The highest BCUT2D eigenvalue weighted by molar-refractivity contribution is 5.75. The van der Waals surface area contributed by atoms with E-state index in [0.717, 1.165) is 6.54 Å². The molecule has 92 valence electrons. The fourth-order valence-electron chi connectivity index (χ4n) is 2.72. The topological polar surface area (TPSA) is 38.3 Å². The minimum Gasteiger partial charge on any atom is -0.460 e. The van der Waals surface area contributed by atoms with E-state index in [1.165, 1.54) is 25.7 Å². The van der Waals surface area contributed by atoms with Gasteiger partial charge in [0, 0.05) is 18.5 Å². The normalized spacial score (nSPS) is 34.6. The van der Waals surface area contributed by atoms with Crippen molar-refractivity contribution < 1.29 is 9.53 Å². The fraction of sp³-hybridized carbons (Fsp3) is 0.923. The third kappa shape index (κ3) is 2.40. The molecule has 16 heavy (non-hydrogen) atoms. The summed E-state index contributed by atoms with van der Waals surface area (Å²) in [6.45, 7) is 6.58. The third-order valence-corrected chi connectivity index (χ3v) is 3.75. The molecular formula is C13H23NO2. The van der Waals surface area contributed by atoms with Gasteiger partial charge in [0.05, 0.1) is 5.41 Å². The van der Waals surface area contributed by atoms with Crippen LogP contribution in [-0.2, 0) is 9.53 Å². The lowest BCUT2D eigenvalue weighted by Crippen LogP contribution is -2.35. The molecule has 3 unspecified atom stereocenters. The Kier molecular flexibility index (Phi) is 3.24. The van der Waals surface area contributed by atoms with Crippen LogP contribution in [0.2, 0.25) is 0 Å². The first-order chi connectivity index (χ1) is 7.48. The molecular weight excluding hydrogens is 202 g/mol. The average molecular weight is 225 g/mol. The Morgan fingerprint density at radius 1 is 1.25 bits per heavy atom. The van der Waals surface area contributed by atoms with Crippen molar-refractivity contribution in [2.45, 2.75) is 58.6 Å². The van der Waals surface area contributed by atoms with Gasteiger partial charge in [-0.15, -0.1) is 0 Å². The number of fused-ring (bicyclic) bond motifs is 1. The molecule has 1 aliphatic heterocycles. The molecule has 0 bridgehead atoms. The maximum atomic E-state index is 11.8. The standard InChI is InChI=1S/C13H23NO2/c1-13(2,3)12(15)16-11-8-14-10-7-5-4-6-9(10)11/h9-11,14H,4-8H2,1-3H3. The summed E-state index contributed by atoms with van der Waals surface area (Å²) >= 11 is 0. The quantitative estimate of drug-likeness (QED) is 0.695. The second-order valence-electron chi connectivity index (χ2n) is 6.16. The predicted octanol–water partition coefficient (Wildman–Crippen LogP) is 2.11. The lowest BCUT2D eigenvalue weighted by molar-refractivity contribution is -0.160. The summed E-state index contributed by atoms with van der Waals surface area (Å²) < 4.78 is 5.64. The van der Waals surface area contributed by atoms with Crippen molar-refractivity contribution in [1.82, 2.24) is 5.32 Å². The number of hydrogen-bond acceptors (Lipinski definition) is 3. The first kappa shape index (κ1) is 11.9. The van der Waals surface area contributed by atoms with Gasteiger partial charge >= 0.3 is 5.97 Å². The van der Waals surface area contributed by atoms with Crippen LogP contribution in [0, 0.1) is 11.3 Å². The van der Waals surface area contributed by atoms with Gasteiger partial charge in [-0.05, 0) is 33.6 Å². The van der Waals surface area contributed by atoms with E-state index >= 15 is 0 Å². The molecule has 1 aliphatic carbocycles. The van der Waals surface area contributed by atoms with E-state index in [2.05, 4.69) is 5.32 Å². The number of esters is 1. The highest BCUT2D eigenvalue weighted by Gasteiger charge is 2.40. The van der Waals surface area contributed by atoms with Crippen LogP contribution in [0.1, 0.15) is 46.5 Å². The Labute approximate surface area is 97.9 Å². The van der Waals surface area contributed by atoms with E-state index in [1.54, 1.807) is 0 Å². The molecule has 1 N–H and O–H groups in total. The molecule has 0 aromatic heterocycles. The van der Waals surface area contributed by atoms with Crippen molar-refractivity contribution in [3.05, 3.63) is 0 Å². The maximum absolute atomic E-state index is 11.8. The van der Waals surface area contributed by atoms with Crippen LogP contribution in [0.25, 0.3) is 0 Å². The molecule has 0 radical (unpaired) electrons. The molecule has 1 saturated carbocycles. The van der Waals surface area contributed by atoms with Crippen molar-refractivity contribution in [3.63, 3.8) is 0 Å². The van der Waals surface area contributed by atoms with Gasteiger partial charge in [-0.1, -0.05) is 12.8 Å². The van der Waals surface area contributed by atoms with Crippen LogP contribution in [-0.4, -0.2) is 24.7 Å². The van der Waals surface area contributed by atoms with Crippen molar-refractivity contribution in [3.8, 4) is 0 Å². The van der Waals surface area contributed by atoms with Gasteiger partial charge in [-0.2, -0.15) is 0 Å². The lowest BCUT2D eigenvalue weighted by Gasteiger charge is -2.29. The largest absolute Gasteiger partial charge is 0.460 e. The third-order valence-electron chi connectivity index (χ3n) is 3.75. The molecule has 0 amide bonds. The summed E-state index contributed by atoms with van der Waals surface area (Å²) in [6.07, 6.45) is 5.16. The second-order valence-corrected chi connectivity index (χ2v) is 6.16. The van der Waals surface area contributed by atoms with Crippen LogP contribution < -0.4 is 5.32 Å². The first-order valence-corrected chi connectivity index (χ1v) is 6.43. The molecule has 2 fully saturated rings. The number of ether oxygens (including phenoxy) is 1. The van der Waals surface area contributed by atoms with Crippen LogP contribution in [0.15, 0.2) is 0 Å². The summed E-state index contributed by atoms with van der Waals surface area (Å²) in [5.41, 5.74) is -0.382. The lowest BCUT2D eigenvalue weighted by atomic mass is 9.84. The molecule has 3 atom stereocenters. The number of carbonyl (C=O) groups excluding carboxylic acids is 1. The van der Waals surface area contributed by atoms with Crippen molar-refractivity contribution in [2.75, 3.05) is 6.54 Å². The highest BCUT2D eigenvalue weighted by Crippen LogP contribution is 2.33. The zero-order valence-corrected chi connectivity index (χ0v) is 10.6. The van der Waals surface area contributed by atoms with Gasteiger partial charge in [-0.3, -0.25) is 4.79 Å².